The lowest BCUT2D eigenvalue weighted by Crippen LogP contribution is -2.44. The Morgan fingerprint density at radius 2 is 1.74 bits per heavy atom. The Balaban J connectivity index is 1.72. The van der Waals surface area contributed by atoms with Gasteiger partial charge in [-0.2, -0.15) is 0 Å². The Labute approximate surface area is 206 Å². The summed E-state index contributed by atoms with van der Waals surface area (Å²) < 4.78 is 9.22. The van der Waals surface area contributed by atoms with E-state index in [0.29, 0.717) is 24.7 Å². The van der Waals surface area contributed by atoms with Crippen molar-refractivity contribution in [3.05, 3.63) is 97.9 Å². The minimum Gasteiger partial charge on any atom is -0.383 e. The number of hydrogen-bond donors (Lipinski definition) is 0. The average Bonchev–Trinajstić information content (AvgIpc) is 3.29. The summed E-state index contributed by atoms with van der Waals surface area (Å²) >= 11 is 5.94. The molecule has 9 nitrogen and oxygen atoms in total. The highest BCUT2D eigenvalue weighted by molar-refractivity contribution is 6.30. The molecule has 4 aromatic rings. The Morgan fingerprint density at radius 3 is 2.43 bits per heavy atom. The SMILES string of the molecule is COCCn1cnc2c1c(=O)n(CC(=O)N(C)Cc1ccc(Cl)cc1)c(=O)n2Cc1ccccc1. The van der Waals surface area contributed by atoms with E-state index in [2.05, 4.69) is 4.98 Å². The molecule has 10 heteroatoms. The van der Waals surface area contributed by atoms with E-state index in [1.165, 1.54) is 15.8 Å². The van der Waals surface area contributed by atoms with Gasteiger partial charge >= 0.3 is 5.69 Å². The first-order valence-corrected chi connectivity index (χ1v) is 11.5. The van der Waals surface area contributed by atoms with Gasteiger partial charge in [-0.15, -0.1) is 0 Å². The van der Waals surface area contributed by atoms with Crippen LogP contribution in [0.15, 0.2) is 70.5 Å². The number of aromatic nitrogens is 4. The van der Waals surface area contributed by atoms with Gasteiger partial charge in [0.05, 0.1) is 19.5 Å². The van der Waals surface area contributed by atoms with E-state index in [0.717, 1.165) is 15.7 Å². The second-order valence-electron chi connectivity index (χ2n) is 8.22. The number of benzene rings is 2. The van der Waals surface area contributed by atoms with Crippen molar-refractivity contribution in [2.24, 2.45) is 0 Å². The molecule has 0 N–H and O–H groups in total. The summed E-state index contributed by atoms with van der Waals surface area (Å²) in [6.45, 7) is 0.896. The molecular formula is C25H26ClN5O4. The molecular weight excluding hydrogens is 470 g/mol. The highest BCUT2D eigenvalue weighted by atomic mass is 35.5. The van der Waals surface area contributed by atoms with Crippen LogP contribution >= 0.6 is 11.6 Å². The Kier molecular flexibility index (Phi) is 7.48. The molecule has 0 spiro atoms. The number of fused-ring (bicyclic) bond motifs is 1. The molecule has 35 heavy (non-hydrogen) atoms. The zero-order chi connectivity index (χ0) is 24.9. The van der Waals surface area contributed by atoms with Gasteiger partial charge < -0.3 is 14.2 Å². The standard InChI is InChI=1S/C25H26ClN5O4/c1-28(14-19-8-10-20(26)11-9-19)21(32)16-31-24(33)22-23(27-17-29(22)12-13-35-2)30(25(31)34)15-18-6-4-3-5-7-18/h3-11,17H,12-16H2,1-2H3. The van der Waals surface area contributed by atoms with E-state index in [4.69, 9.17) is 16.3 Å². The number of nitrogens with zero attached hydrogens (tertiary/aromatic N) is 5. The van der Waals surface area contributed by atoms with Crippen molar-refractivity contribution in [3.63, 3.8) is 0 Å². The molecule has 2 heterocycles. The monoisotopic (exact) mass is 495 g/mol. The van der Waals surface area contributed by atoms with Crippen LogP contribution in [0.25, 0.3) is 11.2 Å². The van der Waals surface area contributed by atoms with Crippen molar-refractivity contribution < 1.29 is 9.53 Å². The zero-order valence-electron chi connectivity index (χ0n) is 19.6. The van der Waals surface area contributed by atoms with Crippen molar-refractivity contribution in [1.82, 2.24) is 23.6 Å². The quantitative estimate of drug-likeness (QED) is 0.355. The molecule has 0 atom stereocenters. The first kappa shape index (κ1) is 24.4. The van der Waals surface area contributed by atoms with E-state index < -0.39 is 11.2 Å². The van der Waals surface area contributed by atoms with Gasteiger partial charge in [0.2, 0.25) is 5.91 Å². The van der Waals surface area contributed by atoms with E-state index in [1.807, 2.05) is 42.5 Å². The molecule has 0 unspecified atom stereocenters. The second kappa shape index (κ2) is 10.7. The molecule has 4 rings (SSSR count). The van der Waals surface area contributed by atoms with Crippen LogP contribution in [0.5, 0.6) is 0 Å². The van der Waals surface area contributed by atoms with E-state index in [-0.39, 0.29) is 30.2 Å². The smallest absolute Gasteiger partial charge is 0.333 e. The molecule has 0 aliphatic rings. The van der Waals surface area contributed by atoms with Crippen molar-refractivity contribution in [2.75, 3.05) is 20.8 Å². The van der Waals surface area contributed by atoms with Crippen LogP contribution < -0.4 is 11.2 Å². The summed E-state index contributed by atoms with van der Waals surface area (Å²) in [5.41, 5.74) is 1.14. The number of rotatable bonds is 9. The van der Waals surface area contributed by atoms with Crippen LogP contribution in [-0.4, -0.2) is 50.3 Å². The highest BCUT2D eigenvalue weighted by Crippen LogP contribution is 2.12. The molecule has 2 aromatic heterocycles. The molecule has 0 radical (unpaired) electrons. The van der Waals surface area contributed by atoms with Crippen molar-refractivity contribution >= 4 is 28.7 Å². The van der Waals surface area contributed by atoms with Gasteiger partial charge in [0.25, 0.3) is 5.56 Å². The maximum absolute atomic E-state index is 13.5. The molecule has 0 saturated heterocycles. The fourth-order valence-corrected chi connectivity index (χ4v) is 3.98. The minimum atomic E-state index is -0.586. The molecule has 0 aliphatic carbocycles. The number of methoxy groups -OCH3 is 1. The van der Waals surface area contributed by atoms with E-state index in [9.17, 15) is 14.4 Å². The molecule has 2 aromatic carbocycles. The number of ether oxygens (including phenoxy) is 1. The number of carbonyl (C=O) groups is 1. The summed E-state index contributed by atoms with van der Waals surface area (Å²) in [5.74, 6) is -0.368. The molecule has 0 saturated carbocycles. The fraction of sp³-hybridized carbons (Fsp3) is 0.280. The first-order chi connectivity index (χ1) is 16.9. The number of carbonyl (C=O) groups excluding carboxylic acids is 1. The molecule has 0 bridgehead atoms. The van der Waals surface area contributed by atoms with Gasteiger partial charge in [-0.3, -0.25) is 14.2 Å². The maximum atomic E-state index is 13.5. The summed E-state index contributed by atoms with van der Waals surface area (Å²) in [6.07, 6.45) is 1.52. The van der Waals surface area contributed by atoms with Crippen LogP contribution in [0.4, 0.5) is 0 Å². The Hall–Kier alpha value is -3.69. The fourth-order valence-electron chi connectivity index (χ4n) is 3.85. The number of amides is 1. The van der Waals surface area contributed by atoms with Crippen molar-refractivity contribution in [1.29, 1.82) is 0 Å². The van der Waals surface area contributed by atoms with E-state index >= 15 is 0 Å². The lowest BCUT2D eigenvalue weighted by Gasteiger charge is -2.19. The third-order valence-corrected chi connectivity index (χ3v) is 6.01. The second-order valence-corrected chi connectivity index (χ2v) is 8.66. The summed E-state index contributed by atoms with van der Waals surface area (Å²) in [6, 6.07) is 16.6. The van der Waals surface area contributed by atoms with Crippen LogP contribution in [-0.2, 0) is 35.7 Å². The zero-order valence-corrected chi connectivity index (χ0v) is 20.3. The molecule has 1 amide bonds. The van der Waals surface area contributed by atoms with Crippen molar-refractivity contribution in [2.45, 2.75) is 26.2 Å². The molecule has 0 aliphatic heterocycles. The van der Waals surface area contributed by atoms with Crippen molar-refractivity contribution in [3.8, 4) is 0 Å². The van der Waals surface area contributed by atoms with Crippen LogP contribution in [0, 0.1) is 0 Å². The maximum Gasteiger partial charge on any atom is 0.333 e. The molecule has 0 fully saturated rings. The topological polar surface area (TPSA) is 91.4 Å². The highest BCUT2D eigenvalue weighted by Gasteiger charge is 2.21. The largest absolute Gasteiger partial charge is 0.383 e. The van der Waals surface area contributed by atoms with Gasteiger partial charge in [0.1, 0.15) is 6.54 Å². The number of likely N-dealkylation sites (N-methyl/N-ethyl adjacent to an activating group) is 1. The average molecular weight is 496 g/mol. The van der Waals surface area contributed by atoms with Gasteiger partial charge in [0.15, 0.2) is 11.2 Å². The Bertz CT molecular complexity index is 1440. The third-order valence-electron chi connectivity index (χ3n) is 5.76. The minimum absolute atomic E-state index is 0.215. The third kappa shape index (κ3) is 5.36. The lowest BCUT2D eigenvalue weighted by atomic mass is 10.2. The van der Waals surface area contributed by atoms with Gasteiger partial charge in [-0.05, 0) is 23.3 Å². The van der Waals surface area contributed by atoms with Crippen LogP contribution in [0.2, 0.25) is 5.02 Å². The summed E-state index contributed by atoms with van der Waals surface area (Å²) in [5, 5.41) is 0.603. The predicted molar refractivity (Wildman–Crippen MR) is 134 cm³/mol. The first-order valence-electron chi connectivity index (χ1n) is 11.1. The number of halogens is 1. The van der Waals surface area contributed by atoms with Crippen LogP contribution in [0.3, 0.4) is 0 Å². The number of imidazole rings is 1. The van der Waals surface area contributed by atoms with Gasteiger partial charge in [-0.1, -0.05) is 54.1 Å². The van der Waals surface area contributed by atoms with E-state index in [1.54, 1.807) is 30.9 Å². The number of hydrogen-bond acceptors (Lipinski definition) is 5. The molecule has 182 valence electrons. The normalized spacial score (nSPS) is 11.2. The van der Waals surface area contributed by atoms with Gasteiger partial charge in [0, 0.05) is 32.3 Å². The predicted octanol–water partition coefficient (Wildman–Crippen LogP) is 2.37. The summed E-state index contributed by atoms with van der Waals surface area (Å²) in [7, 11) is 3.20. The summed E-state index contributed by atoms with van der Waals surface area (Å²) in [4.78, 5) is 45.7. The Morgan fingerprint density at radius 1 is 1.03 bits per heavy atom. The van der Waals surface area contributed by atoms with Crippen LogP contribution in [0.1, 0.15) is 11.1 Å². The lowest BCUT2D eigenvalue weighted by molar-refractivity contribution is -0.131. The van der Waals surface area contributed by atoms with Gasteiger partial charge in [-0.25, -0.2) is 14.3 Å².